The maximum atomic E-state index is 12.7. The molecule has 2 rings (SSSR count). The number of fused-ring (bicyclic) bond motifs is 1. The number of aryl methyl sites for hydroxylation is 1. The van der Waals surface area contributed by atoms with Gasteiger partial charge in [0.05, 0.1) is 17.0 Å². The number of hydrogen-bond acceptors (Lipinski definition) is 3. The van der Waals surface area contributed by atoms with Crippen LogP contribution in [0.4, 0.5) is 0 Å². The molecule has 1 amide bonds. The van der Waals surface area contributed by atoms with Gasteiger partial charge in [-0.15, -0.1) is 0 Å². The second-order valence-electron chi connectivity index (χ2n) is 6.45. The summed E-state index contributed by atoms with van der Waals surface area (Å²) in [4.78, 5) is 29.6. The second-order valence-corrected chi connectivity index (χ2v) is 6.45. The van der Waals surface area contributed by atoms with Gasteiger partial charge in [0.25, 0.3) is 5.91 Å². The average Bonchev–Trinajstić information content (AvgIpc) is 2.43. The highest BCUT2D eigenvalue weighted by Gasteiger charge is 2.38. The molecule has 0 radical (unpaired) electrons. The van der Waals surface area contributed by atoms with Gasteiger partial charge in [0, 0.05) is 18.5 Å². The van der Waals surface area contributed by atoms with Crippen LogP contribution in [0.3, 0.4) is 0 Å². The molecule has 0 spiro atoms. The van der Waals surface area contributed by atoms with Crippen molar-refractivity contribution in [2.24, 2.45) is 5.41 Å². The van der Waals surface area contributed by atoms with Crippen LogP contribution >= 0.6 is 0 Å². The Bertz CT molecular complexity index is 672. The molecule has 0 saturated heterocycles. The summed E-state index contributed by atoms with van der Waals surface area (Å²) >= 11 is 0. The van der Waals surface area contributed by atoms with Crippen LogP contribution < -0.4 is 5.32 Å². The monoisotopic (exact) mass is 300 g/mol. The largest absolute Gasteiger partial charge is 0.352 e. The van der Waals surface area contributed by atoms with Gasteiger partial charge < -0.3 is 5.32 Å². The lowest BCUT2D eigenvalue weighted by Crippen LogP contribution is -2.31. The zero-order chi connectivity index (χ0) is 16.7. The molecule has 0 fully saturated rings. The summed E-state index contributed by atoms with van der Waals surface area (Å²) < 4.78 is 0. The number of nitrogens with one attached hydrogen (secondary N) is 1. The maximum absolute atomic E-state index is 12.7. The number of carbonyl (C=O) groups is 2. The molecule has 0 saturated carbocycles. The van der Waals surface area contributed by atoms with Crippen LogP contribution in [0, 0.1) is 12.3 Å². The highest BCUT2D eigenvalue weighted by atomic mass is 16.1. The van der Waals surface area contributed by atoms with E-state index >= 15 is 0 Å². The first-order chi connectivity index (χ1) is 10.2. The predicted molar refractivity (Wildman–Crippen MR) is 88.1 cm³/mol. The van der Waals surface area contributed by atoms with Gasteiger partial charge in [-0.05, 0) is 36.8 Å². The maximum Gasteiger partial charge on any atom is 0.253 e. The third kappa shape index (κ3) is 2.47. The summed E-state index contributed by atoms with van der Waals surface area (Å²) in [5.74, 6) is -0.0994. The number of nitrogens with zero attached hydrogens (tertiary/aromatic N) is 1. The first-order valence-electron chi connectivity index (χ1n) is 7.79. The normalized spacial score (nSPS) is 16.4. The van der Waals surface area contributed by atoms with Crippen molar-refractivity contribution >= 4 is 17.3 Å². The topological polar surface area (TPSA) is 59.1 Å². The van der Waals surface area contributed by atoms with Crippen molar-refractivity contribution in [2.75, 3.05) is 6.54 Å². The summed E-state index contributed by atoms with van der Waals surface area (Å²) in [7, 11) is 0. The van der Waals surface area contributed by atoms with Crippen molar-refractivity contribution in [3.05, 3.63) is 34.7 Å². The lowest BCUT2D eigenvalue weighted by Gasteiger charge is -2.34. The van der Waals surface area contributed by atoms with Crippen molar-refractivity contribution in [2.45, 2.75) is 47.5 Å². The molecule has 0 aliphatic heterocycles. The first kappa shape index (κ1) is 16.4. The minimum Gasteiger partial charge on any atom is -0.352 e. The van der Waals surface area contributed by atoms with Crippen LogP contribution in [-0.4, -0.2) is 23.2 Å². The number of Topliss-reactive ketones (excluding diaryl/α,β-unsaturated/α-hetero) is 1. The lowest BCUT2D eigenvalue weighted by atomic mass is 9.70. The number of pyridine rings is 1. The molecule has 22 heavy (non-hydrogen) atoms. The molecule has 1 heterocycles. The van der Waals surface area contributed by atoms with Crippen molar-refractivity contribution in [3.8, 4) is 0 Å². The third-order valence-corrected chi connectivity index (χ3v) is 4.38. The Balaban J connectivity index is 2.76. The molecule has 0 atom stereocenters. The van der Waals surface area contributed by atoms with Crippen molar-refractivity contribution in [3.63, 3.8) is 0 Å². The third-order valence-electron chi connectivity index (χ3n) is 4.38. The van der Waals surface area contributed by atoms with E-state index in [2.05, 4.69) is 16.9 Å². The van der Waals surface area contributed by atoms with E-state index in [9.17, 15) is 9.59 Å². The molecule has 1 N–H and O–H groups in total. The highest BCUT2D eigenvalue weighted by molar-refractivity contribution is 6.09. The summed E-state index contributed by atoms with van der Waals surface area (Å²) in [6.07, 6.45) is 1.03. The zero-order valence-electron chi connectivity index (χ0n) is 14.1. The first-order valence-corrected chi connectivity index (χ1v) is 7.79. The summed E-state index contributed by atoms with van der Waals surface area (Å²) in [5.41, 5.74) is 3.86. The molecule has 0 aromatic carbocycles. The Hall–Kier alpha value is -1.97. The van der Waals surface area contributed by atoms with Gasteiger partial charge in [0.1, 0.15) is 0 Å². The van der Waals surface area contributed by atoms with Crippen LogP contribution in [0.25, 0.3) is 5.57 Å². The highest BCUT2D eigenvalue weighted by Crippen LogP contribution is 2.44. The fourth-order valence-corrected chi connectivity index (χ4v) is 3.11. The van der Waals surface area contributed by atoms with Gasteiger partial charge in [0.15, 0.2) is 5.78 Å². The lowest BCUT2D eigenvalue weighted by molar-refractivity contribution is 0.0943. The quantitative estimate of drug-likeness (QED) is 0.931. The van der Waals surface area contributed by atoms with E-state index in [1.807, 2.05) is 34.6 Å². The van der Waals surface area contributed by atoms with Gasteiger partial charge in [-0.3, -0.25) is 14.6 Å². The Kier molecular flexibility index (Phi) is 4.23. The molecule has 1 aliphatic rings. The van der Waals surface area contributed by atoms with Crippen LogP contribution in [-0.2, 0) is 6.42 Å². The smallest absolute Gasteiger partial charge is 0.253 e. The van der Waals surface area contributed by atoms with Gasteiger partial charge in [-0.2, -0.15) is 0 Å². The van der Waals surface area contributed by atoms with Crippen molar-refractivity contribution in [1.82, 2.24) is 10.3 Å². The SMILES string of the molecule is C=C1c2nc(C)c(C(=O)NCC)c(CC)c2C(=O)CC1(C)C. The van der Waals surface area contributed by atoms with Gasteiger partial charge in [-0.25, -0.2) is 0 Å². The van der Waals surface area contributed by atoms with E-state index in [1.54, 1.807) is 0 Å². The van der Waals surface area contributed by atoms with E-state index in [0.717, 1.165) is 11.1 Å². The minimum atomic E-state index is -0.290. The Morgan fingerprint density at radius 3 is 2.55 bits per heavy atom. The molecule has 118 valence electrons. The van der Waals surface area contributed by atoms with E-state index in [-0.39, 0.29) is 17.1 Å². The number of aromatic nitrogens is 1. The van der Waals surface area contributed by atoms with Crippen LogP contribution in [0.5, 0.6) is 0 Å². The molecule has 4 nitrogen and oxygen atoms in total. The number of allylic oxidation sites excluding steroid dienone is 1. The Morgan fingerprint density at radius 2 is 2.00 bits per heavy atom. The van der Waals surface area contributed by atoms with Crippen LogP contribution in [0.2, 0.25) is 0 Å². The molecule has 0 bridgehead atoms. The van der Waals surface area contributed by atoms with Gasteiger partial charge >= 0.3 is 0 Å². The molecule has 1 aromatic rings. The standard InChI is InChI=1S/C18H24N2O2/c1-7-12-14(17(22)19-8-2)11(4)20-16-10(3)18(5,6)9-13(21)15(12)16/h3,7-9H2,1-2,4-6H3,(H,19,22). The molecular formula is C18H24N2O2. The molecule has 4 heteroatoms. The number of hydrogen-bond donors (Lipinski definition) is 1. The molecule has 1 aliphatic carbocycles. The number of rotatable bonds is 3. The number of carbonyl (C=O) groups excluding carboxylic acids is 2. The average molecular weight is 300 g/mol. The van der Waals surface area contributed by atoms with E-state index < -0.39 is 0 Å². The number of amides is 1. The second kappa shape index (κ2) is 5.67. The van der Waals surface area contributed by atoms with E-state index in [0.29, 0.717) is 41.9 Å². The van der Waals surface area contributed by atoms with E-state index in [1.165, 1.54) is 0 Å². The Morgan fingerprint density at radius 1 is 1.36 bits per heavy atom. The van der Waals surface area contributed by atoms with E-state index in [4.69, 9.17) is 0 Å². The van der Waals surface area contributed by atoms with Crippen LogP contribution in [0.15, 0.2) is 6.58 Å². The zero-order valence-corrected chi connectivity index (χ0v) is 14.1. The summed E-state index contributed by atoms with van der Waals surface area (Å²) in [6, 6.07) is 0. The van der Waals surface area contributed by atoms with Crippen LogP contribution in [0.1, 0.15) is 71.8 Å². The summed E-state index contributed by atoms with van der Waals surface area (Å²) in [6.45, 7) is 14.4. The van der Waals surface area contributed by atoms with Crippen molar-refractivity contribution in [1.29, 1.82) is 0 Å². The molecular weight excluding hydrogens is 276 g/mol. The molecule has 0 unspecified atom stereocenters. The molecule has 1 aromatic heterocycles. The fourth-order valence-electron chi connectivity index (χ4n) is 3.11. The number of ketones is 1. The minimum absolute atomic E-state index is 0.0577. The van der Waals surface area contributed by atoms with Gasteiger partial charge in [0.2, 0.25) is 0 Å². The van der Waals surface area contributed by atoms with Gasteiger partial charge in [-0.1, -0.05) is 27.4 Å². The summed E-state index contributed by atoms with van der Waals surface area (Å²) in [5, 5.41) is 2.81. The fraction of sp³-hybridized carbons (Fsp3) is 0.500. The van der Waals surface area contributed by atoms with Crippen molar-refractivity contribution < 1.29 is 9.59 Å². The Labute approximate surface area is 132 Å². The predicted octanol–water partition coefficient (Wildman–Crippen LogP) is 3.33.